The fourth-order valence-electron chi connectivity index (χ4n) is 9.14. The van der Waals surface area contributed by atoms with Gasteiger partial charge in [0.05, 0.1) is 46.7 Å². The number of nitrogens with zero attached hydrogens (tertiary/aromatic N) is 3. The molecule has 2 aliphatic heterocycles. The molecule has 9 rings (SSSR count). The third-order valence-electron chi connectivity index (χ3n) is 11.6. The van der Waals surface area contributed by atoms with E-state index in [1.807, 2.05) is 30.3 Å². The highest BCUT2D eigenvalue weighted by Gasteiger charge is 2.67. The third kappa shape index (κ3) is 4.72. The molecule has 4 aliphatic rings. The van der Waals surface area contributed by atoms with Crippen LogP contribution in [0.5, 0.6) is 11.5 Å². The van der Waals surface area contributed by atoms with Crippen molar-refractivity contribution in [3.05, 3.63) is 113 Å². The Hall–Kier alpha value is -5.81. The number of para-hydroxylation sites is 2. The van der Waals surface area contributed by atoms with Gasteiger partial charge in [-0.25, -0.2) is 14.3 Å². The summed E-state index contributed by atoms with van der Waals surface area (Å²) in [6, 6.07) is 22.8. The molecule has 10 nitrogen and oxygen atoms in total. The van der Waals surface area contributed by atoms with E-state index in [9.17, 15) is 28.7 Å². The first-order chi connectivity index (χ1) is 25.5. The normalized spacial score (nSPS) is 26.5. The summed E-state index contributed by atoms with van der Waals surface area (Å²) in [6.45, 7) is 1.74. The standard InChI is InChI=1S/C41H31ClFN3O7/c1-41-27(38(49)46(40(41)51)23-12-15-29(43)28(42)18-23)19-26-24(35(41)21-9-16-31(47)33(17-21)52-2)13-14-25-34(26)39(50)45(37(25)48)22-10-7-20(8-11-22)36-44-30-5-3-4-6-32(30)53-36/h3-13,15-18,25-27,34-35,47H,14,19H2,1-2H3. The number of phenolic OH excluding ortho intramolecular Hbond substituents is 1. The van der Waals surface area contributed by atoms with E-state index in [1.54, 1.807) is 43.3 Å². The van der Waals surface area contributed by atoms with Gasteiger partial charge in [-0.3, -0.25) is 24.1 Å². The van der Waals surface area contributed by atoms with E-state index in [0.29, 0.717) is 33.8 Å². The number of carbonyl (C=O) groups is 4. The molecule has 6 atom stereocenters. The van der Waals surface area contributed by atoms with Gasteiger partial charge in [-0.2, -0.15) is 0 Å². The van der Waals surface area contributed by atoms with Gasteiger partial charge in [-0.15, -0.1) is 0 Å². The molecule has 2 aliphatic carbocycles. The van der Waals surface area contributed by atoms with Gasteiger partial charge < -0.3 is 14.3 Å². The SMILES string of the molecule is COc1cc(C2C3=CCC4C(=O)N(c5ccc(-c6nc7ccccc7o6)cc5)C(=O)C4C3CC3C(=O)N(c4ccc(F)c(Cl)c4)C(=O)C32C)ccc1O. The summed E-state index contributed by atoms with van der Waals surface area (Å²) in [5, 5.41) is 10.2. The molecule has 12 heteroatoms. The molecule has 0 bridgehead atoms. The molecule has 1 aromatic heterocycles. The summed E-state index contributed by atoms with van der Waals surface area (Å²) >= 11 is 6.11. The number of hydrogen-bond donors (Lipinski definition) is 1. The Morgan fingerprint density at radius 2 is 1.66 bits per heavy atom. The first-order valence-electron chi connectivity index (χ1n) is 17.3. The second kappa shape index (κ2) is 11.9. The Morgan fingerprint density at radius 1 is 0.906 bits per heavy atom. The van der Waals surface area contributed by atoms with Crippen LogP contribution in [0.2, 0.25) is 5.02 Å². The van der Waals surface area contributed by atoms with Crippen LogP contribution < -0.4 is 14.5 Å². The molecule has 6 unspecified atom stereocenters. The van der Waals surface area contributed by atoms with Crippen LogP contribution in [-0.2, 0) is 19.2 Å². The molecule has 53 heavy (non-hydrogen) atoms. The fraction of sp³-hybridized carbons (Fsp3) is 0.244. The highest BCUT2D eigenvalue weighted by atomic mass is 35.5. The minimum absolute atomic E-state index is 0.103. The number of fused-ring (bicyclic) bond motifs is 5. The number of phenols is 1. The summed E-state index contributed by atoms with van der Waals surface area (Å²) in [7, 11) is 1.42. The minimum Gasteiger partial charge on any atom is -0.504 e. The van der Waals surface area contributed by atoms with Gasteiger partial charge in [0.25, 0.3) is 0 Å². The van der Waals surface area contributed by atoms with Crippen molar-refractivity contribution in [3.8, 4) is 23.0 Å². The Bertz CT molecular complexity index is 2410. The number of benzene rings is 4. The number of allylic oxidation sites excluding steroid dienone is 2. The van der Waals surface area contributed by atoms with Gasteiger partial charge in [0.2, 0.25) is 29.5 Å². The number of aromatic nitrogens is 1. The molecule has 4 aromatic carbocycles. The molecule has 3 fully saturated rings. The highest BCUT2D eigenvalue weighted by molar-refractivity contribution is 6.32. The van der Waals surface area contributed by atoms with Crippen molar-refractivity contribution in [3.63, 3.8) is 0 Å². The van der Waals surface area contributed by atoms with Crippen molar-refractivity contribution in [1.29, 1.82) is 0 Å². The van der Waals surface area contributed by atoms with E-state index >= 15 is 0 Å². The predicted molar refractivity (Wildman–Crippen MR) is 193 cm³/mol. The van der Waals surface area contributed by atoms with Crippen LogP contribution in [0.15, 0.2) is 101 Å². The van der Waals surface area contributed by atoms with E-state index < -0.39 is 52.6 Å². The van der Waals surface area contributed by atoms with Crippen molar-refractivity contribution in [2.24, 2.45) is 29.1 Å². The molecule has 4 amide bonds. The lowest BCUT2D eigenvalue weighted by Crippen LogP contribution is -2.48. The Kier molecular flexibility index (Phi) is 7.40. The zero-order chi connectivity index (χ0) is 36.9. The average molecular weight is 732 g/mol. The number of methoxy groups -OCH3 is 1. The summed E-state index contributed by atoms with van der Waals surface area (Å²) in [5.41, 5.74) is 2.60. The van der Waals surface area contributed by atoms with Crippen LogP contribution in [0.1, 0.15) is 31.2 Å². The van der Waals surface area contributed by atoms with Crippen molar-refractivity contribution in [1.82, 2.24) is 4.98 Å². The zero-order valence-electron chi connectivity index (χ0n) is 28.5. The van der Waals surface area contributed by atoms with E-state index in [2.05, 4.69) is 4.98 Å². The molecule has 1 N–H and O–H groups in total. The van der Waals surface area contributed by atoms with Gasteiger partial charge >= 0.3 is 0 Å². The molecule has 5 aromatic rings. The van der Waals surface area contributed by atoms with Crippen LogP contribution in [0.25, 0.3) is 22.6 Å². The highest BCUT2D eigenvalue weighted by Crippen LogP contribution is 2.64. The maximum Gasteiger partial charge on any atom is 0.241 e. The summed E-state index contributed by atoms with van der Waals surface area (Å²) < 4.78 is 25.5. The molecule has 266 valence electrons. The van der Waals surface area contributed by atoms with Crippen molar-refractivity contribution in [2.45, 2.75) is 25.7 Å². The zero-order valence-corrected chi connectivity index (χ0v) is 29.2. The summed E-state index contributed by atoms with van der Waals surface area (Å²) in [6.07, 6.45) is 2.33. The Morgan fingerprint density at radius 3 is 2.40 bits per heavy atom. The number of halogens is 2. The lowest BCUT2D eigenvalue weighted by Gasteiger charge is -2.49. The third-order valence-corrected chi connectivity index (χ3v) is 11.9. The second-order valence-corrected chi connectivity index (χ2v) is 14.6. The predicted octanol–water partition coefficient (Wildman–Crippen LogP) is 7.44. The van der Waals surface area contributed by atoms with E-state index in [0.717, 1.165) is 16.5 Å². The number of hydrogen-bond acceptors (Lipinski definition) is 8. The van der Waals surface area contributed by atoms with Crippen molar-refractivity contribution in [2.75, 3.05) is 16.9 Å². The van der Waals surface area contributed by atoms with Crippen LogP contribution >= 0.6 is 11.6 Å². The van der Waals surface area contributed by atoms with Crippen molar-refractivity contribution >= 4 is 57.7 Å². The van der Waals surface area contributed by atoms with Gasteiger partial charge in [-0.1, -0.05) is 41.4 Å². The number of anilines is 2. The first kappa shape index (κ1) is 33.1. The Labute approximate surface area is 307 Å². The summed E-state index contributed by atoms with van der Waals surface area (Å²) in [4.78, 5) is 64.5. The van der Waals surface area contributed by atoms with E-state index in [4.69, 9.17) is 20.8 Å². The van der Waals surface area contributed by atoms with Gasteiger partial charge in [0, 0.05) is 11.5 Å². The largest absolute Gasteiger partial charge is 0.504 e. The topological polar surface area (TPSA) is 130 Å². The van der Waals surface area contributed by atoms with Gasteiger partial charge in [-0.05, 0) is 98.0 Å². The lowest BCUT2D eigenvalue weighted by atomic mass is 9.51. The van der Waals surface area contributed by atoms with Gasteiger partial charge in [0.1, 0.15) is 11.3 Å². The molecule has 0 radical (unpaired) electrons. The van der Waals surface area contributed by atoms with Crippen LogP contribution in [0, 0.1) is 34.9 Å². The van der Waals surface area contributed by atoms with Crippen LogP contribution in [-0.4, -0.2) is 40.8 Å². The number of imide groups is 2. The summed E-state index contributed by atoms with van der Waals surface area (Å²) in [5.74, 6) is -5.58. The minimum atomic E-state index is -1.35. The number of amides is 4. The number of carbonyl (C=O) groups excluding carboxylic acids is 4. The molecule has 3 heterocycles. The maximum atomic E-state index is 14.6. The van der Waals surface area contributed by atoms with Crippen LogP contribution in [0.3, 0.4) is 0 Å². The van der Waals surface area contributed by atoms with E-state index in [1.165, 1.54) is 30.2 Å². The quantitative estimate of drug-likeness (QED) is 0.146. The monoisotopic (exact) mass is 731 g/mol. The number of aromatic hydroxyl groups is 1. The van der Waals surface area contributed by atoms with Crippen molar-refractivity contribution < 1.29 is 37.8 Å². The number of ether oxygens (including phenoxy) is 1. The molecule has 1 saturated carbocycles. The lowest BCUT2D eigenvalue weighted by molar-refractivity contribution is -0.131. The average Bonchev–Trinajstić information content (AvgIpc) is 3.77. The van der Waals surface area contributed by atoms with E-state index in [-0.39, 0.29) is 46.9 Å². The molecular formula is C41H31ClFN3O7. The molecule has 0 spiro atoms. The molecule has 2 saturated heterocycles. The van der Waals surface area contributed by atoms with Crippen LogP contribution in [0.4, 0.5) is 15.8 Å². The number of oxazole rings is 1. The first-order valence-corrected chi connectivity index (χ1v) is 17.6. The van der Waals surface area contributed by atoms with Gasteiger partial charge in [0.15, 0.2) is 17.1 Å². The molecular weight excluding hydrogens is 701 g/mol. The number of rotatable bonds is 5. The maximum absolute atomic E-state index is 14.6. The second-order valence-electron chi connectivity index (χ2n) is 14.2. The fourth-order valence-corrected chi connectivity index (χ4v) is 9.32. The Balaban J connectivity index is 1.11. The smallest absolute Gasteiger partial charge is 0.241 e.